The first kappa shape index (κ1) is 17.6. The summed E-state index contributed by atoms with van der Waals surface area (Å²) < 4.78 is 0. The molecule has 0 N–H and O–H groups in total. The Bertz CT molecular complexity index is 1190. The van der Waals surface area contributed by atoms with Gasteiger partial charge in [0, 0.05) is 26.2 Å². The molecule has 3 heterocycles. The van der Waals surface area contributed by atoms with Gasteiger partial charge in [-0.2, -0.15) is 0 Å². The van der Waals surface area contributed by atoms with E-state index >= 15 is 0 Å². The first-order valence-corrected chi connectivity index (χ1v) is 10.8. The van der Waals surface area contributed by atoms with Crippen LogP contribution in [0.1, 0.15) is 24.0 Å². The Morgan fingerprint density at radius 1 is 0.967 bits per heavy atom. The van der Waals surface area contributed by atoms with E-state index < -0.39 is 0 Å². The minimum Gasteiger partial charge on any atom is -0.354 e. The highest BCUT2D eigenvalue weighted by Crippen LogP contribution is 2.42. The highest BCUT2D eigenvalue weighted by Gasteiger charge is 2.51. The van der Waals surface area contributed by atoms with Gasteiger partial charge in [0.15, 0.2) is 0 Å². The van der Waals surface area contributed by atoms with E-state index in [1.165, 1.54) is 16.7 Å². The van der Waals surface area contributed by atoms with Crippen LogP contribution >= 0.6 is 0 Å². The standard InChI is InChI=1S/C25H24N4O/c30-24-25(11-13-28(24)16-19-10-9-18-5-1-2-6-20(18)19)12-14-29(17-25)23-15-26-21-7-3-4-8-22(21)27-23/h1-8,10,15H,9,11-14,16-17H2. The molecular weight excluding hydrogens is 372 g/mol. The zero-order valence-electron chi connectivity index (χ0n) is 16.9. The third kappa shape index (κ3) is 2.72. The molecule has 150 valence electrons. The number of likely N-dealkylation sites (tertiary alicyclic amines) is 1. The monoisotopic (exact) mass is 396 g/mol. The largest absolute Gasteiger partial charge is 0.354 e. The summed E-state index contributed by atoms with van der Waals surface area (Å²) in [6, 6.07) is 16.5. The highest BCUT2D eigenvalue weighted by atomic mass is 16.2. The second kappa shape index (κ2) is 6.66. The molecule has 2 saturated heterocycles. The van der Waals surface area contributed by atoms with Crippen LogP contribution in [-0.4, -0.2) is 47.0 Å². The number of para-hydroxylation sites is 2. The number of allylic oxidation sites excluding steroid dienone is 1. The number of rotatable bonds is 3. The summed E-state index contributed by atoms with van der Waals surface area (Å²) >= 11 is 0. The van der Waals surface area contributed by atoms with Gasteiger partial charge < -0.3 is 9.80 Å². The molecule has 1 aromatic heterocycles. The number of amides is 1. The molecule has 30 heavy (non-hydrogen) atoms. The fraction of sp³-hybridized carbons (Fsp3) is 0.320. The van der Waals surface area contributed by atoms with Gasteiger partial charge in [-0.25, -0.2) is 4.98 Å². The predicted molar refractivity (Wildman–Crippen MR) is 118 cm³/mol. The molecule has 0 bridgehead atoms. The normalized spacial score (nSPS) is 22.9. The van der Waals surface area contributed by atoms with Gasteiger partial charge in [-0.15, -0.1) is 0 Å². The van der Waals surface area contributed by atoms with Crippen molar-refractivity contribution in [3.05, 3.63) is 71.9 Å². The maximum absolute atomic E-state index is 13.5. The second-order valence-corrected chi connectivity index (χ2v) is 8.74. The van der Waals surface area contributed by atoms with Gasteiger partial charge in [-0.3, -0.25) is 9.78 Å². The maximum atomic E-state index is 13.5. The summed E-state index contributed by atoms with van der Waals surface area (Å²) in [5.41, 5.74) is 5.52. The third-order valence-electron chi connectivity index (χ3n) is 7.01. The molecule has 1 spiro atoms. The molecule has 2 fully saturated rings. The van der Waals surface area contributed by atoms with Crippen LogP contribution in [0.2, 0.25) is 0 Å². The van der Waals surface area contributed by atoms with Crippen LogP contribution in [0.15, 0.2) is 60.8 Å². The van der Waals surface area contributed by atoms with Gasteiger partial charge in [0.2, 0.25) is 5.91 Å². The van der Waals surface area contributed by atoms with Crippen LogP contribution in [0.25, 0.3) is 16.6 Å². The molecule has 3 aliphatic rings. The van der Waals surface area contributed by atoms with E-state index in [-0.39, 0.29) is 5.41 Å². The Morgan fingerprint density at radius 3 is 2.70 bits per heavy atom. The van der Waals surface area contributed by atoms with Crippen LogP contribution in [0.3, 0.4) is 0 Å². The highest BCUT2D eigenvalue weighted by molar-refractivity contribution is 5.88. The summed E-state index contributed by atoms with van der Waals surface area (Å²) in [7, 11) is 0. The van der Waals surface area contributed by atoms with E-state index in [0.717, 1.165) is 62.3 Å². The third-order valence-corrected chi connectivity index (χ3v) is 7.01. The molecular formula is C25H24N4O. The quantitative estimate of drug-likeness (QED) is 0.677. The SMILES string of the molecule is O=C1N(CC2=CCc3ccccc32)CCC12CCN(c1cnc3ccccc3n1)C2. The molecule has 5 heteroatoms. The molecule has 6 rings (SSSR count). The Hall–Kier alpha value is -3.21. The average Bonchev–Trinajstić information content (AvgIpc) is 3.49. The lowest BCUT2D eigenvalue weighted by Crippen LogP contribution is -2.37. The predicted octanol–water partition coefficient (Wildman–Crippen LogP) is 3.70. The van der Waals surface area contributed by atoms with Crippen molar-refractivity contribution in [2.24, 2.45) is 5.41 Å². The Balaban J connectivity index is 1.19. The van der Waals surface area contributed by atoms with Crippen molar-refractivity contribution >= 4 is 28.3 Å². The molecule has 1 amide bonds. The van der Waals surface area contributed by atoms with Crippen molar-refractivity contribution in [1.82, 2.24) is 14.9 Å². The van der Waals surface area contributed by atoms with Crippen molar-refractivity contribution in [2.75, 3.05) is 31.1 Å². The molecule has 0 radical (unpaired) electrons. The topological polar surface area (TPSA) is 49.3 Å². The molecule has 0 saturated carbocycles. The summed E-state index contributed by atoms with van der Waals surface area (Å²) in [6.45, 7) is 3.17. The summed E-state index contributed by atoms with van der Waals surface area (Å²) in [5.74, 6) is 1.19. The molecule has 1 atom stereocenters. The number of benzene rings is 2. The number of aromatic nitrogens is 2. The fourth-order valence-corrected chi connectivity index (χ4v) is 5.30. The number of carbonyl (C=O) groups is 1. The molecule has 5 nitrogen and oxygen atoms in total. The number of fused-ring (bicyclic) bond motifs is 2. The molecule has 2 aromatic carbocycles. The van der Waals surface area contributed by atoms with Crippen LogP contribution in [0.5, 0.6) is 0 Å². The minimum atomic E-state index is -0.272. The minimum absolute atomic E-state index is 0.272. The zero-order valence-corrected chi connectivity index (χ0v) is 16.9. The first-order valence-electron chi connectivity index (χ1n) is 10.8. The van der Waals surface area contributed by atoms with E-state index in [0.29, 0.717) is 5.91 Å². The molecule has 1 aliphatic carbocycles. The number of carbonyl (C=O) groups excluding carboxylic acids is 1. The van der Waals surface area contributed by atoms with E-state index in [9.17, 15) is 4.79 Å². The van der Waals surface area contributed by atoms with Gasteiger partial charge in [-0.05, 0) is 48.1 Å². The van der Waals surface area contributed by atoms with Crippen molar-refractivity contribution in [1.29, 1.82) is 0 Å². The van der Waals surface area contributed by atoms with Gasteiger partial charge in [-0.1, -0.05) is 42.5 Å². The second-order valence-electron chi connectivity index (χ2n) is 8.74. The van der Waals surface area contributed by atoms with Crippen LogP contribution < -0.4 is 4.90 Å². The average molecular weight is 396 g/mol. The van der Waals surface area contributed by atoms with Crippen LogP contribution in [0.4, 0.5) is 5.82 Å². The maximum Gasteiger partial charge on any atom is 0.231 e. The molecule has 1 unspecified atom stereocenters. The van der Waals surface area contributed by atoms with E-state index in [4.69, 9.17) is 4.98 Å². The lowest BCUT2D eigenvalue weighted by Gasteiger charge is -2.24. The molecule has 3 aromatic rings. The van der Waals surface area contributed by atoms with Crippen LogP contribution in [-0.2, 0) is 11.2 Å². The Labute approximate surface area is 176 Å². The first-order chi connectivity index (χ1) is 14.7. The van der Waals surface area contributed by atoms with Crippen molar-refractivity contribution in [3.63, 3.8) is 0 Å². The van der Waals surface area contributed by atoms with E-state index in [2.05, 4.69) is 45.1 Å². The summed E-state index contributed by atoms with van der Waals surface area (Å²) in [6.07, 6.45) is 6.94. The summed E-state index contributed by atoms with van der Waals surface area (Å²) in [5, 5.41) is 0. The van der Waals surface area contributed by atoms with Crippen molar-refractivity contribution in [2.45, 2.75) is 19.3 Å². The number of nitrogens with zero attached hydrogens (tertiary/aromatic N) is 4. The molecule has 2 aliphatic heterocycles. The lowest BCUT2D eigenvalue weighted by molar-refractivity contribution is -0.134. The Morgan fingerprint density at radius 2 is 1.77 bits per heavy atom. The van der Waals surface area contributed by atoms with Crippen molar-refractivity contribution < 1.29 is 4.79 Å². The van der Waals surface area contributed by atoms with E-state index in [1.54, 1.807) is 0 Å². The zero-order chi connectivity index (χ0) is 20.1. The number of hydrogen-bond donors (Lipinski definition) is 0. The van der Waals surface area contributed by atoms with Gasteiger partial charge in [0.25, 0.3) is 0 Å². The smallest absolute Gasteiger partial charge is 0.231 e. The Kier molecular flexibility index (Phi) is 3.91. The van der Waals surface area contributed by atoms with E-state index in [1.807, 2.05) is 30.5 Å². The van der Waals surface area contributed by atoms with Crippen LogP contribution in [0, 0.1) is 5.41 Å². The van der Waals surface area contributed by atoms with Gasteiger partial charge in [0.1, 0.15) is 5.82 Å². The fourth-order valence-electron chi connectivity index (χ4n) is 5.30. The lowest BCUT2D eigenvalue weighted by atomic mass is 9.85. The van der Waals surface area contributed by atoms with Crippen molar-refractivity contribution in [3.8, 4) is 0 Å². The number of hydrogen-bond acceptors (Lipinski definition) is 4. The van der Waals surface area contributed by atoms with Gasteiger partial charge >= 0.3 is 0 Å². The number of anilines is 1. The van der Waals surface area contributed by atoms with Gasteiger partial charge in [0.05, 0.1) is 22.6 Å². The summed E-state index contributed by atoms with van der Waals surface area (Å²) in [4.78, 5) is 27.1.